The molecule has 0 aromatic carbocycles. The maximum Gasteiger partial charge on any atom is 0.209 e. The standard InChI is InChI=1S/C9H19N5S/c1-14(6-4-10)9(13-8-11)12-5-3-7-15-2/h3-7,10H2,1-2H3,(H,12,13). The highest BCUT2D eigenvalue weighted by atomic mass is 32.2. The van der Waals surface area contributed by atoms with Gasteiger partial charge in [-0.25, -0.2) is 0 Å². The largest absolute Gasteiger partial charge is 0.355 e. The van der Waals surface area contributed by atoms with E-state index in [-0.39, 0.29) is 0 Å². The fourth-order valence-electron chi connectivity index (χ4n) is 1.02. The van der Waals surface area contributed by atoms with E-state index in [2.05, 4.69) is 16.6 Å². The Morgan fingerprint density at radius 2 is 2.40 bits per heavy atom. The number of hydrogen-bond acceptors (Lipinski definition) is 4. The van der Waals surface area contributed by atoms with Crippen LogP contribution in [0.15, 0.2) is 4.99 Å². The van der Waals surface area contributed by atoms with Gasteiger partial charge in [0.2, 0.25) is 12.2 Å². The zero-order valence-electron chi connectivity index (χ0n) is 9.36. The first kappa shape index (κ1) is 14.1. The SMILES string of the molecule is CSCCCN/C(=N/C#N)N(C)CCN. The minimum absolute atomic E-state index is 0.549. The lowest BCUT2D eigenvalue weighted by Crippen LogP contribution is -2.41. The van der Waals surface area contributed by atoms with Crippen molar-refractivity contribution in [2.45, 2.75) is 6.42 Å². The van der Waals surface area contributed by atoms with Gasteiger partial charge in [-0.2, -0.15) is 17.0 Å². The number of nitriles is 1. The van der Waals surface area contributed by atoms with E-state index < -0.39 is 0 Å². The first-order chi connectivity index (χ1) is 7.26. The van der Waals surface area contributed by atoms with Gasteiger partial charge in [-0.1, -0.05) is 0 Å². The van der Waals surface area contributed by atoms with Gasteiger partial charge in [0.25, 0.3) is 0 Å². The van der Waals surface area contributed by atoms with Crippen LogP contribution in [-0.2, 0) is 0 Å². The predicted molar refractivity (Wildman–Crippen MR) is 65.7 cm³/mol. The van der Waals surface area contributed by atoms with E-state index >= 15 is 0 Å². The van der Waals surface area contributed by atoms with Crippen molar-refractivity contribution in [3.63, 3.8) is 0 Å². The van der Waals surface area contributed by atoms with Crippen LogP contribution in [0, 0.1) is 11.5 Å². The molecular formula is C9H19N5S. The zero-order valence-corrected chi connectivity index (χ0v) is 10.2. The first-order valence-electron chi connectivity index (χ1n) is 4.87. The van der Waals surface area contributed by atoms with Crippen molar-refractivity contribution in [2.75, 3.05) is 38.7 Å². The second-order valence-corrected chi connectivity index (χ2v) is 4.00. The van der Waals surface area contributed by atoms with E-state index in [1.54, 1.807) is 18.0 Å². The molecule has 0 fully saturated rings. The maximum atomic E-state index is 8.52. The normalized spacial score (nSPS) is 10.9. The summed E-state index contributed by atoms with van der Waals surface area (Å²) in [7, 11) is 1.87. The molecule has 0 unspecified atom stereocenters. The number of likely N-dealkylation sites (N-methyl/N-ethyl adjacent to an activating group) is 1. The van der Waals surface area contributed by atoms with E-state index in [1.165, 1.54) is 0 Å². The minimum Gasteiger partial charge on any atom is -0.355 e. The minimum atomic E-state index is 0.549. The summed E-state index contributed by atoms with van der Waals surface area (Å²) in [6.07, 6.45) is 4.92. The monoisotopic (exact) mass is 229 g/mol. The van der Waals surface area contributed by atoms with Gasteiger partial charge in [-0.15, -0.1) is 4.99 Å². The Hall–Kier alpha value is -0.930. The molecule has 0 heterocycles. The van der Waals surface area contributed by atoms with Crippen molar-refractivity contribution >= 4 is 17.7 Å². The van der Waals surface area contributed by atoms with Gasteiger partial charge in [0, 0.05) is 26.7 Å². The Kier molecular flexibility index (Phi) is 9.02. The molecule has 6 heteroatoms. The van der Waals surface area contributed by atoms with Crippen molar-refractivity contribution in [2.24, 2.45) is 10.7 Å². The topological polar surface area (TPSA) is 77.4 Å². The Morgan fingerprint density at radius 1 is 1.67 bits per heavy atom. The second kappa shape index (κ2) is 9.62. The number of nitrogens with two attached hydrogens (primary N) is 1. The lowest BCUT2D eigenvalue weighted by atomic mass is 10.5. The Labute approximate surface area is 95.7 Å². The molecule has 15 heavy (non-hydrogen) atoms. The molecule has 0 aromatic rings. The summed E-state index contributed by atoms with van der Waals surface area (Å²) in [5, 5.41) is 11.6. The number of rotatable bonds is 6. The third-order valence-electron chi connectivity index (χ3n) is 1.79. The van der Waals surface area contributed by atoms with Gasteiger partial charge in [0.05, 0.1) is 0 Å². The van der Waals surface area contributed by atoms with Crippen LogP contribution in [0.2, 0.25) is 0 Å². The van der Waals surface area contributed by atoms with E-state index in [0.29, 0.717) is 19.0 Å². The van der Waals surface area contributed by atoms with Crippen molar-refractivity contribution in [1.29, 1.82) is 5.26 Å². The Morgan fingerprint density at radius 3 is 2.93 bits per heavy atom. The molecule has 0 amide bonds. The summed E-state index contributed by atoms with van der Waals surface area (Å²) in [5.74, 6) is 1.71. The molecule has 86 valence electrons. The van der Waals surface area contributed by atoms with Crippen molar-refractivity contribution < 1.29 is 0 Å². The van der Waals surface area contributed by atoms with E-state index in [9.17, 15) is 0 Å². The van der Waals surface area contributed by atoms with Crippen LogP contribution < -0.4 is 11.1 Å². The smallest absolute Gasteiger partial charge is 0.209 e. The van der Waals surface area contributed by atoms with Crippen LogP contribution in [-0.4, -0.2) is 49.6 Å². The van der Waals surface area contributed by atoms with Crippen molar-refractivity contribution in [3.05, 3.63) is 0 Å². The maximum absolute atomic E-state index is 8.52. The van der Waals surface area contributed by atoms with Crippen molar-refractivity contribution in [3.8, 4) is 6.19 Å². The fourth-order valence-corrected chi connectivity index (χ4v) is 1.46. The summed E-state index contributed by atoms with van der Waals surface area (Å²) >= 11 is 1.81. The molecule has 5 nitrogen and oxygen atoms in total. The highest BCUT2D eigenvalue weighted by Gasteiger charge is 2.04. The number of aliphatic imine (C=N–C) groups is 1. The average molecular weight is 229 g/mol. The fraction of sp³-hybridized carbons (Fsp3) is 0.778. The van der Waals surface area contributed by atoms with Crippen LogP contribution in [0.1, 0.15) is 6.42 Å². The summed E-state index contributed by atoms with van der Waals surface area (Å²) in [6.45, 7) is 2.07. The van der Waals surface area contributed by atoms with Crippen LogP contribution in [0.5, 0.6) is 0 Å². The predicted octanol–water partition coefficient (Wildman–Crippen LogP) is 0.0567. The van der Waals surface area contributed by atoms with Gasteiger partial charge in [0.15, 0.2) is 0 Å². The molecule has 0 rings (SSSR count). The van der Waals surface area contributed by atoms with E-state index in [0.717, 1.165) is 18.7 Å². The van der Waals surface area contributed by atoms with Gasteiger partial charge < -0.3 is 16.0 Å². The lowest BCUT2D eigenvalue weighted by molar-refractivity contribution is 0.493. The molecule has 0 bridgehead atoms. The molecule has 0 aliphatic heterocycles. The quantitative estimate of drug-likeness (QED) is 0.291. The Balaban J connectivity index is 3.95. The Bertz CT molecular complexity index is 223. The van der Waals surface area contributed by atoms with Gasteiger partial charge in [0.1, 0.15) is 0 Å². The molecule has 0 saturated heterocycles. The summed E-state index contributed by atoms with van der Waals surface area (Å²) in [4.78, 5) is 5.56. The van der Waals surface area contributed by atoms with Gasteiger partial charge in [-0.3, -0.25) is 0 Å². The number of nitrogens with zero attached hydrogens (tertiary/aromatic N) is 3. The second-order valence-electron chi connectivity index (χ2n) is 3.02. The molecular weight excluding hydrogens is 210 g/mol. The molecule has 0 aliphatic rings. The highest BCUT2D eigenvalue weighted by molar-refractivity contribution is 7.98. The van der Waals surface area contributed by atoms with Gasteiger partial charge >= 0.3 is 0 Å². The van der Waals surface area contributed by atoms with Crippen LogP contribution in [0.25, 0.3) is 0 Å². The highest BCUT2D eigenvalue weighted by Crippen LogP contribution is 1.94. The average Bonchev–Trinajstić information content (AvgIpc) is 2.23. The summed E-state index contributed by atoms with van der Waals surface area (Å²) < 4.78 is 0. The van der Waals surface area contributed by atoms with Gasteiger partial charge in [-0.05, 0) is 18.4 Å². The molecule has 3 N–H and O–H groups in total. The number of thioether (sulfide) groups is 1. The van der Waals surface area contributed by atoms with Crippen LogP contribution >= 0.6 is 11.8 Å². The molecule has 0 atom stereocenters. The van der Waals surface area contributed by atoms with Crippen LogP contribution in [0.3, 0.4) is 0 Å². The molecule has 0 radical (unpaired) electrons. The lowest BCUT2D eigenvalue weighted by Gasteiger charge is -2.20. The third-order valence-corrected chi connectivity index (χ3v) is 2.49. The van der Waals surface area contributed by atoms with E-state index in [4.69, 9.17) is 11.0 Å². The summed E-state index contributed by atoms with van der Waals surface area (Å²) in [5.41, 5.74) is 5.43. The summed E-state index contributed by atoms with van der Waals surface area (Å²) in [6, 6.07) is 0. The zero-order chi connectivity index (χ0) is 11.5. The van der Waals surface area contributed by atoms with Crippen LogP contribution in [0.4, 0.5) is 0 Å². The molecule has 0 saturated carbocycles. The molecule has 0 aromatic heterocycles. The number of guanidine groups is 1. The number of hydrogen-bond donors (Lipinski definition) is 2. The molecule has 0 aliphatic carbocycles. The molecule has 0 spiro atoms. The third kappa shape index (κ3) is 7.05. The van der Waals surface area contributed by atoms with Crippen molar-refractivity contribution in [1.82, 2.24) is 10.2 Å². The number of nitrogens with one attached hydrogen (secondary N) is 1. The van der Waals surface area contributed by atoms with E-state index in [1.807, 2.05) is 11.9 Å². The first-order valence-corrected chi connectivity index (χ1v) is 6.26.